The fourth-order valence-corrected chi connectivity index (χ4v) is 0.245. The highest BCUT2D eigenvalue weighted by Crippen LogP contribution is 1.82. The number of rotatable bonds is 2. The van der Waals surface area contributed by atoms with Crippen LogP contribution in [-0.2, 0) is 14.2 Å². The predicted octanol–water partition coefficient (Wildman–Crippen LogP) is -0.408. The van der Waals surface area contributed by atoms with Crippen LogP contribution in [0, 0.1) is 0 Å². The van der Waals surface area contributed by atoms with Crippen LogP contribution in [0.25, 0.3) is 0 Å². The highest BCUT2D eigenvalue weighted by Gasteiger charge is 2.01. The molecule has 0 heterocycles. The van der Waals surface area contributed by atoms with E-state index in [4.69, 9.17) is 0 Å². The second-order valence-corrected chi connectivity index (χ2v) is 1.37. The van der Waals surface area contributed by atoms with Crippen molar-refractivity contribution in [1.29, 1.82) is 0 Å². The average molecular weight is 112 g/mol. The van der Waals surface area contributed by atoms with Crippen LogP contribution in [-0.4, -0.2) is 19.8 Å². The first-order chi connectivity index (χ1) is 3.66. The Morgan fingerprint density at radius 3 is 2.25 bits per heavy atom. The first-order valence-corrected chi connectivity index (χ1v) is 2.06. The average Bonchev–Trinajstić information content (AvgIpc) is 1.65. The fourth-order valence-electron chi connectivity index (χ4n) is 0.245. The van der Waals surface area contributed by atoms with Crippen molar-refractivity contribution in [1.82, 2.24) is 0 Å². The Bertz CT molecular complexity index is 110. The SMILES string of the molecule is [B]OC(=O)CC(C)=O. The van der Waals surface area contributed by atoms with Crippen molar-refractivity contribution in [3.63, 3.8) is 0 Å². The van der Waals surface area contributed by atoms with Crippen LogP contribution in [0.4, 0.5) is 0 Å². The van der Waals surface area contributed by atoms with Crippen LogP contribution in [0.15, 0.2) is 0 Å². The van der Waals surface area contributed by atoms with Gasteiger partial charge in [0.15, 0.2) is 0 Å². The van der Waals surface area contributed by atoms with Gasteiger partial charge >= 0.3 is 8.05 Å². The Hall–Kier alpha value is -0.795. The van der Waals surface area contributed by atoms with E-state index in [1.54, 1.807) is 0 Å². The lowest BCUT2D eigenvalue weighted by molar-refractivity contribution is -0.137. The van der Waals surface area contributed by atoms with Crippen molar-refractivity contribution in [2.45, 2.75) is 13.3 Å². The summed E-state index contributed by atoms with van der Waals surface area (Å²) < 4.78 is 3.70. The van der Waals surface area contributed by atoms with E-state index < -0.39 is 5.97 Å². The van der Waals surface area contributed by atoms with Crippen molar-refractivity contribution in [3.8, 4) is 0 Å². The van der Waals surface area contributed by atoms with Gasteiger partial charge in [0.2, 0.25) is 0 Å². The zero-order chi connectivity index (χ0) is 6.57. The largest absolute Gasteiger partial charge is 0.543 e. The Morgan fingerprint density at radius 1 is 1.62 bits per heavy atom. The molecule has 0 rings (SSSR count). The molecule has 0 aliphatic carbocycles. The number of hydrogen-bond donors (Lipinski definition) is 0. The summed E-state index contributed by atoms with van der Waals surface area (Å²) in [5.74, 6) is -0.946. The van der Waals surface area contributed by atoms with E-state index in [2.05, 4.69) is 12.7 Å². The van der Waals surface area contributed by atoms with Crippen molar-refractivity contribution in [2.75, 3.05) is 0 Å². The topological polar surface area (TPSA) is 43.4 Å². The summed E-state index contributed by atoms with van der Waals surface area (Å²) in [6.45, 7) is 1.29. The smallest absolute Gasteiger partial charge is 0.378 e. The normalized spacial score (nSPS) is 8.12. The fraction of sp³-hybridized carbons (Fsp3) is 0.500. The number of ketones is 1. The van der Waals surface area contributed by atoms with Gasteiger partial charge in [0, 0.05) is 0 Å². The van der Waals surface area contributed by atoms with Gasteiger partial charge in [-0.1, -0.05) is 0 Å². The van der Waals surface area contributed by atoms with E-state index in [1.165, 1.54) is 6.92 Å². The number of hydrogen-bond acceptors (Lipinski definition) is 3. The molecule has 0 aromatic rings. The summed E-state index contributed by atoms with van der Waals surface area (Å²) in [6, 6.07) is 0. The molecule has 0 fully saturated rings. The maximum atomic E-state index is 10.1. The highest BCUT2D eigenvalue weighted by molar-refractivity contribution is 6.08. The van der Waals surface area contributed by atoms with E-state index in [0.717, 1.165) is 0 Å². The summed E-state index contributed by atoms with van der Waals surface area (Å²) in [5, 5.41) is 0. The van der Waals surface area contributed by atoms with E-state index in [9.17, 15) is 9.59 Å². The van der Waals surface area contributed by atoms with E-state index >= 15 is 0 Å². The van der Waals surface area contributed by atoms with Crippen molar-refractivity contribution >= 4 is 19.8 Å². The predicted molar refractivity (Wildman–Crippen MR) is 27.1 cm³/mol. The second-order valence-electron chi connectivity index (χ2n) is 1.37. The van der Waals surface area contributed by atoms with Gasteiger partial charge in [-0.05, 0) is 6.92 Å². The van der Waals surface area contributed by atoms with Gasteiger partial charge in [-0.25, -0.2) is 0 Å². The van der Waals surface area contributed by atoms with Crippen LogP contribution in [0.2, 0.25) is 0 Å². The Morgan fingerprint density at radius 2 is 2.12 bits per heavy atom. The Labute approximate surface area is 48.5 Å². The molecule has 0 spiro atoms. The van der Waals surface area contributed by atoms with Crippen molar-refractivity contribution < 1.29 is 14.2 Å². The second kappa shape index (κ2) is 3.24. The third-order valence-electron chi connectivity index (χ3n) is 0.525. The third kappa shape index (κ3) is 3.40. The number of carbonyl (C=O) groups excluding carboxylic acids is 2. The Balaban J connectivity index is 3.40. The molecule has 0 aromatic heterocycles. The lowest BCUT2D eigenvalue weighted by Gasteiger charge is -1.91. The molecule has 0 atom stereocenters. The minimum absolute atomic E-state index is 0.240. The molecule has 0 amide bonds. The lowest BCUT2D eigenvalue weighted by Crippen LogP contribution is -2.05. The van der Waals surface area contributed by atoms with E-state index in [-0.39, 0.29) is 12.2 Å². The minimum atomic E-state index is -0.697. The highest BCUT2D eigenvalue weighted by atomic mass is 16.5. The standard InChI is InChI=1S/C4H5BO3/c1-3(6)2-4(7)8-5/h2H2,1H3. The van der Waals surface area contributed by atoms with Crippen LogP contribution >= 0.6 is 0 Å². The molecule has 2 radical (unpaired) electrons. The van der Waals surface area contributed by atoms with Crippen LogP contribution in [0.3, 0.4) is 0 Å². The summed E-state index contributed by atoms with van der Waals surface area (Å²) in [5.41, 5.74) is 0. The van der Waals surface area contributed by atoms with Gasteiger partial charge in [-0.2, -0.15) is 0 Å². The quantitative estimate of drug-likeness (QED) is 0.360. The van der Waals surface area contributed by atoms with E-state index in [0.29, 0.717) is 0 Å². The van der Waals surface area contributed by atoms with Crippen LogP contribution in [0.1, 0.15) is 13.3 Å². The molecule has 0 unspecified atom stereocenters. The van der Waals surface area contributed by atoms with Crippen LogP contribution in [0.5, 0.6) is 0 Å². The lowest BCUT2D eigenvalue weighted by atomic mass is 10.3. The molecule has 0 aliphatic rings. The molecule has 42 valence electrons. The minimum Gasteiger partial charge on any atom is -0.543 e. The Kier molecular flexibility index (Phi) is 2.92. The van der Waals surface area contributed by atoms with Gasteiger partial charge in [-0.3, -0.25) is 9.59 Å². The molecule has 0 saturated heterocycles. The summed E-state index contributed by atoms with van der Waals surface area (Å²) in [6.07, 6.45) is -0.240. The summed E-state index contributed by atoms with van der Waals surface area (Å²) >= 11 is 0. The van der Waals surface area contributed by atoms with Gasteiger partial charge in [0.05, 0.1) is 0 Å². The molecule has 0 aliphatic heterocycles. The molecular formula is C4H5BO3. The molecule has 0 bridgehead atoms. The number of carbonyl (C=O) groups is 2. The molecule has 0 saturated carbocycles. The van der Waals surface area contributed by atoms with Crippen LogP contribution < -0.4 is 0 Å². The first kappa shape index (κ1) is 7.20. The van der Waals surface area contributed by atoms with E-state index in [1.807, 2.05) is 0 Å². The van der Waals surface area contributed by atoms with Gasteiger partial charge in [0.1, 0.15) is 12.2 Å². The maximum absolute atomic E-state index is 10.1. The van der Waals surface area contributed by atoms with Gasteiger partial charge in [-0.15, -0.1) is 0 Å². The summed E-state index contributed by atoms with van der Waals surface area (Å²) in [4.78, 5) is 20.1. The molecule has 0 aromatic carbocycles. The zero-order valence-corrected chi connectivity index (χ0v) is 4.51. The molecule has 0 N–H and O–H groups in total. The zero-order valence-electron chi connectivity index (χ0n) is 4.51. The van der Waals surface area contributed by atoms with Crippen molar-refractivity contribution in [3.05, 3.63) is 0 Å². The van der Waals surface area contributed by atoms with Gasteiger partial charge in [0.25, 0.3) is 5.97 Å². The van der Waals surface area contributed by atoms with Gasteiger partial charge < -0.3 is 4.65 Å². The van der Waals surface area contributed by atoms with Crippen molar-refractivity contribution in [2.24, 2.45) is 0 Å². The summed E-state index contributed by atoms with van der Waals surface area (Å²) in [7, 11) is 4.42. The molecule has 8 heavy (non-hydrogen) atoms. The maximum Gasteiger partial charge on any atom is 0.378 e. The number of Topliss-reactive ketones (excluding diaryl/α,β-unsaturated/α-hetero) is 1. The molecular weight excluding hydrogens is 107 g/mol. The third-order valence-corrected chi connectivity index (χ3v) is 0.525. The molecule has 4 heteroatoms. The first-order valence-electron chi connectivity index (χ1n) is 2.06. The molecule has 3 nitrogen and oxygen atoms in total. The monoisotopic (exact) mass is 112 g/mol.